The van der Waals surface area contributed by atoms with E-state index in [1.54, 1.807) is 36.0 Å². The Labute approximate surface area is 411 Å². The number of hydrogen-bond acceptors (Lipinski definition) is 12. The third-order valence-corrected chi connectivity index (χ3v) is 14.4. The number of methoxy groups -OCH3 is 2. The van der Waals surface area contributed by atoms with Crippen LogP contribution in [0.4, 0.5) is 0 Å². The van der Waals surface area contributed by atoms with E-state index in [9.17, 15) is 5.11 Å². The third kappa shape index (κ3) is 17.3. The summed E-state index contributed by atoms with van der Waals surface area (Å²) in [7, 11) is 1.03. The Balaban J connectivity index is 0.000000236. The van der Waals surface area contributed by atoms with E-state index >= 15 is 0 Å². The molecule has 4 aromatic heterocycles. The second kappa shape index (κ2) is 25.2. The van der Waals surface area contributed by atoms with Gasteiger partial charge >= 0.3 is 6.01 Å². The van der Waals surface area contributed by atoms with Gasteiger partial charge in [0.05, 0.1) is 14.2 Å². The molecule has 0 saturated carbocycles. The number of phenolic OH excluding ortho intramolecular Hbond substituents is 1. The summed E-state index contributed by atoms with van der Waals surface area (Å²) in [5, 5.41) is 18.8. The molecule has 0 radical (unpaired) electrons. The van der Waals surface area contributed by atoms with E-state index in [0.29, 0.717) is 51.1 Å². The van der Waals surface area contributed by atoms with E-state index < -0.39 is 16.1 Å². The van der Waals surface area contributed by atoms with Crippen LogP contribution in [0.1, 0.15) is 50.7 Å². The zero-order valence-corrected chi connectivity index (χ0v) is 46.3. The molecule has 6 rings (SSSR count). The predicted molar refractivity (Wildman–Crippen MR) is 274 cm³/mol. The fourth-order valence-electron chi connectivity index (χ4n) is 5.98. The lowest BCUT2D eigenvalue weighted by Crippen LogP contribution is -2.22. The molecule has 0 aliphatic carbocycles. The van der Waals surface area contributed by atoms with Crippen molar-refractivity contribution in [1.29, 1.82) is 0 Å². The standard InChI is InChI=1S/C23H31BrN4O3Si.C15H17NO2.C8H15Br2N3OSi/c1-16(2)18-8-7-9-19(17-10-11-25-20(14-17)29-3)21(18)31-23-26-22(24)27-28(23)15-30-12-13-32(4,5)6;1-10(2)12-5-4-6-13(15(12)17)11-7-8-16-14(9-11)18-3;1-15(2,3)5-4-14-6-13-8(10)11-7(9)12-13/h7-11,14,16H,12-13,15H2,1-6H3;4-10,17H,1-3H3;4-6H2,1-3H3. The number of hydrogen-bond donors (Lipinski definition) is 1. The van der Waals surface area contributed by atoms with Crippen LogP contribution < -0.4 is 14.2 Å². The van der Waals surface area contributed by atoms with Gasteiger partial charge in [-0.05, 0) is 106 Å². The Morgan fingerprint density at radius 3 is 1.60 bits per heavy atom. The highest BCUT2D eigenvalue weighted by atomic mass is 79.9. The number of nitrogens with zero attached hydrogens (tertiary/aromatic N) is 8. The molecule has 0 unspecified atom stereocenters. The number of aromatic nitrogens is 8. The Bertz CT molecular complexity index is 2420. The van der Waals surface area contributed by atoms with Gasteiger partial charge in [-0.15, -0.1) is 10.2 Å². The molecule has 14 nitrogen and oxygen atoms in total. The lowest BCUT2D eigenvalue weighted by atomic mass is 9.96. The Kier molecular flexibility index (Phi) is 20.8. The minimum absolute atomic E-state index is 0.251. The van der Waals surface area contributed by atoms with Crippen LogP contribution in [-0.2, 0) is 22.9 Å². The molecule has 0 spiro atoms. The Morgan fingerprint density at radius 1 is 0.631 bits per heavy atom. The highest BCUT2D eigenvalue weighted by molar-refractivity contribution is 9.11. The van der Waals surface area contributed by atoms with E-state index in [0.717, 1.165) is 51.8 Å². The normalized spacial score (nSPS) is 11.5. The number of benzene rings is 2. The van der Waals surface area contributed by atoms with Crippen molar-refractivity contribution in [3.05, 3.63) is 98.4 Å². The largest absolute Gasteiger partial charge is 0.507 e. The van der Waals surface area contributed by atoms with E-state index in [-0.39, 0.29) is 18.6 Å². The average Bonchev–Trinajstić information content (AvgIpc) is 3.78. The fourth-order valence-corrected chi connectivity index (χ4v) is 8.78. The summed E-state index contributed by atoms with van der Waals surface area (Å²) in [6.45, 7) is 24.6. The van der Waals surface area contributed by atoms with Crippen molar-refractivity contribution in [2.24, 2.45) is 0 Å². The van der Waals surface area contributed by atoms with Gasteiger partial charge in [0, 0.05) is 65.0 Å². The number of rotatable bonds is 18. The summed E-state index contributed by atoms with van der Waals surface area (Å²) >= 11 is 9.87. The number of pyridine rings is 2. The van der Waals surface area contributed by atoms with Gasteiger partial charge in [0.15, 0.2) is 4.73 Å². The molecule has 0 saturated heterocycles. The third-order valence-electron chi connectivity index (χ3n) is 9.69. The summed E-state index contributed by atoms with van der Waals surface area (Å²) in [5.74, 6) is 2.70. The van der Waals surface area contributed by atoms with Crippen molar-refractivity contribution >= 4 is 63.9 Å². The van der Waals surface area contributed by atoms with E-state index in [4.69, 9.17) is 23.7 Å². The second-order valence-electron chi connectivity index (χ2n) is 18.1. The molecular weight excluding hydrogens is 1060 g/mol. The Morgan fingerprint density at radius 2 is 1.11 bits per heavy atom. The van der Waals surface area contributed by atoms with E-state index in [1.807, 2.05) is 54.6 Å². The van der Waals surface area contributed by atoms with Gasteiger partial charge in [0.25, 0.3) is 0 Å². The van der Waals surface area contributed by atoms with Crippen LogP contribution >= 0.6 is 47.8 Å². The average molecular weight is 1120 g/mol. The molecule has 0 fully saturated rings. The number of para-hydroxylation sites is 2. The van der Waals surface area contributed by atoms with Crippen molar-refractivity contribution in [1.82, 2.24) is 39.5 Å². The molecule has 0 bridgehead atoms. The van der Waals surface area contributed by atoms with Gasteiger partial charge in [0.1, 0.15) is 25.0 Å². The zero-order chi connectivity index (χ0) is 47.9. The first-order valence-corrected chi connectivity index (χ1v) is 31.1. The Hall–Kier alpha value is -3.99. The summed E-state index contributed by atoms with van der Waals surface area (Å²) in [5.41, 5.74) is 5.61. The number of phenols is 1. The first-order valence-electron chi connectivity index (χ1n) is 21.3. The topological polar surface area (TPSA) is 154 Å². The number of halogens is 3. The lowest BCUT2D eigenvalue weighted by molar-refractivity contribution is 0.0727. The monoisotopic (exact) mass is 1120 g/mol. The highest BCUT2D eigenvalue weighted by Crippen LogP contribution is 2.40. The van der Waals surface area contributed by atoms with E-state index in [1.165, 1.54) is 6.04 Å². The maximum atomic E-state index is 10.3. The summed E-state index contributed by atoms with van der Waals surface area (Å²) in [6.07, 6.45) is 3.40. The van der Waals surface area contributed by atoms with Gasteiger partial charge in [0.2, 0.25) is 21.2 Å². The molecule has 1 N–H and O–H groups in total. The molecule has 352 valence electrons. The number of ether oxygens (including phenoxy) is 5. The van der Waals surface area contributed by atoms with Crippen LogP contribution in [0.15, 0.2) is 87.3 Å². The van der Waals surface area contributed by atoms with Gasteiger partial charge < -0.3 is 28.8 Å². The van der Waals surface area contributed by atoms with Gasteiger partial charge in [-0.3, -0.25) is 0 Å². The molecule has 2 aromatic carbocycles. The van der Waals surface area contributed by atoms with Crippen molar-refractivity contribution in [2.75, 3.05) is 27.4 Å². The summed E-state index contributed by atoms with van der Waals surface area (Å²) in [6, 6.07) is 22.1. The van der Waals surface area contributed by atoms with Crippen LogP contribution in [-0.4, -0.2) is 88.2 Å². The maximum absolute atomic E-state index is 10.3. The summed E-state index contributed by atoms with van der Waals surface area (Å²) < 4.78 is 33.3. The first-order chi connectivity index (χ1) is 30.7. The summed E-state index contributed by atoms with van der Waals surface area (Å²) in [4.78, 5) is 16.8. The zero-order valence-electron chi connectivity index (χ0n) is 39.5. The van der Waals surface area contributed by atoms with Gasteiger partial charge in [-0.25, -0.2) is 14.6 Å². The fraction of sp³-hybridized carbons (Fsp3) is 0.435. The van der Waals surface area contributed by atoms with Crippen molar-refractivity contribution in [3.8, 4) is 51.5 Å². The van der Waals surface area contributed by atoms with Gasteiger partial charge in [-0.2, -0.15) is 14.6 Å². The van der Waals surface area contributed by atoms with Crippen LogP contribution in [0.3, 0.4) is 0 Å². The maximum Gasteiger partial charge on any atom is 0.323 e. The molecule has 65 heavy (non-hydrogen) atoms. The second-order valence-corrected chi connectivity index (χ2v) is 31.4. The van der Waals surface area contributed by atoms with Crippen molar-refractivity contribution < 1.29 is 28.8 Å². The first kappa shape index (κ1) is 53.6. The molecular formula is C46H63Br3N8O6Si2. The molecule has 19 heteroatoms. The van der Waals surface area contributed by atoms with Crippen LogP contribution in [0.25, 0.3) is 22.3 Å². The van der Waals surface area contributed by atoms with Crippen molar-refractivity contribution in [3.63, 3.8) is 0 Å². The molecule has 0 aliphatic rings. The minimum Gasteiger partial charge on any atom is -0.507 e. The quantitative estimate of drug-likeness (QED) is 0.0644. The molecule has 4 heterocycles. The molecule has 0 amide bonds. The SMILES string of the molecule is COc1cc(-c2cccc(C(C)C)c2O)ccn1.COc1cc(-c2cccc(C(C)C)c2Oc2nc(Br)nn2COCC[Si](C)(C)C)ccn1.C[Si](C)(C)CCOCn1nc(Br)nc1Br. The predicted octanol–water partition coefficient (Wildman–Crippen LogP) is 13.0. The molecule has 0 atom stereocenters. The number of aromatic hydroxyl groups is 1. The van der Waals surface area contributed by atoms with E-state index in [2.05, 4.69) is 151 Å². The molecule has 6 aromatic rings. The van der Waals surface area contributed by atoms with Crippen LogP contribution in [0.2, 0.25) is 51.4 Å². The molecule has 0 aliphatic heterocycles. The van der Waals surface area contributed by atoms with Gasteiger partial charge in [-0.1, -0.05) is 103 Å². The van der Waals surface area contributed by atoms with Crippen molar-refractivity contribution in [2.45, 2.75) is 104 Å². The van der Waals surface area contributed by atoms with Crippen LogP contribution in [0, 0.1) is 0 Å². The minimum atomic E-state index is -1.16. The highest BCUT2D eigenvalue weighted by Gasteiger charge is 2.21. The lowest BCUT2D eigenvalue weighted by Gasteiger charge is -2.18. The smallest absolute Gasteiger partial charge is 0.323 e. The van der Waals surface area contributed by atoms with Crippen LogP contribution in [0.5, 0.6) is 29.3 Å².